The molecule has 3 N–H and O–H groups in total. The number of hydrogen-bond acceptors (Lipinski definition) is 3. The van der Waals surface area contributed by atoms with Gasteiger partial charge in [0.1, 0.15) is 0 Å². The smallest absolute Gasteiger partial charge is 0.255 e. The van der Waals surface area contributed by atoms with E-state index >= 15 is 0 Å². The van der Waals surface area contributed by atoms with Crippen molar-refractivity contribution in [3.63, 3.8) is 0 Å². The van der Waals surface area contributed by atoms with E-state index in [-0.39, 0.29) is 24.3 Å². The van der Waals surface area contributed by atoms with Gasteiger partial charge in [-0.1, -0.05) is 43.7 Å². The Balaban J connectivity index is 1.80. The van der Waals surface area contributed by atoms with Gasteiger partial charge in [-0.2, -0.15) is 0 Å². The summed E-state index contributed by atoms with van der Waals surface area (Å²) in [6.45, 7) is 6.35. The van der Waals surface area contributed by atoms with Gasteiger partial charge in [-0.15, -0.1) is 0 Å². The zero-order chi connectivity index (χ0) is 21.2. The molecule has 0 aliphatic heterocycles. The number of anilines is 1. The van der Waals surface area contributed by atoms with Crippen molar-refractivity contribution in [3.05, 3.63) is 65.2 Å². The van der Waals surface area contributed by atoms with Gasteiger partial charge in [-0.3, -0.25) is 14.4 Å². The Hall–Kier alpha value is -3.15. The summed E-state index contributed by atoms with van der Waals surface area (Å²) in [5.41, 5.74) is 3.19. The number of rotatable bonds is 9. The fraction of sp³-hybridized carbons (Fsp3) is 0.348. The van der Waals surface area contributed by atoms with Crippen LogP contribution in [0, 0.1) is 12.8 Å². The highest BCUT2D eigenvalue weighted by Crippen LogP contribution is 2.13. The molecule has 0 bridgehead atoms. The van der Waals surface area contributed by atoms with Gasteiger partial charge in [-0.05, 0) is 49.1 Å². The maximum Gasteiger partial charge on any atom is 0.255 e. The number of amides is 3. The topological polar surface area (TPSA) is 87.3 Å². The van der Waals surface area contributed by atoms with E-state index in [0.717, 1.165) is 17.5 Å². The summed E-state index contributed by atoms with van der Waals surface area (Å²) in [6, 6.07) is 14.6. The van der Waals surface area contributed by atoms with Crippen LogP contribution in [0.1, 0.15) is 48.2 Å². The third kappa shape index (κ3) is 8.17. The van der Waals surface area contributed by atoms with E-state index in [2.05, 4.69) is 29.8 Å². The molecule has 29 heavy (non-hydrogen) atoms. The monoisotopic (exact) mass is 395 g/mol. The van der Waals surface area contributed by atoms with Crippen LogP contribution in [0.25, 0.3) is 0 Å². The van der Waals surface area contributed by atoms with Crippen LogP contribution in [0.5, 0.6) is 0 Å². The van der Waals surface area contributed by atoms with Crippen LogP contribution in [-0.2, 0) is 16.1 Å². The fourth-order valence-electron chi connectivity index (χ4n) is 2.62. The molecular weight excluding hydrogens is 366 g/mol. The first-order valence-electron chi connectivity index (χ1n) is 9.84. The van der Waals surface area contributed by atoms with Crippen molar-refractivity contribution in [2.24, 2.45) is 5.92 Å². The number of carbonyl (C=O) groups excluding carboxylic acids is 3. The maximum atomic E-state index is 12.3. The Bertz CT molecular complexity index is 845. The van der Waals surface area contributed by atoms with Gasteiger partial charge in [0.15, 0.2) is 0 Å². The second-order valence-corrected chi connectivity index (χ2v) is 7.51. The maximum absolute atomic E-state index is 12.3. The summed E-state index contributed by atoms with van der Waals surface area (Å²) in [7, 11) is 0. The van der Waals surface area contributed by atoms with E-state index in [0.29, 0.717) is 30.1 Å². The van der Waals surface area contributed by atoms with Crippen molar-refractivity contribution in [2.75, 3.05) is 11.9 Å². The third-order valence-electron chi connectivity index (χ3n) is 4.38. The van der Waals surface area contributed by atoms with Gasteiger partial charge in [0.2, 0.25) is 11.8 Å². The van der Waals surface area contributed by atoms with Crippen LogP contribution in [0.3, 0.4) is 0 Å². The average molecular weight is 396 g/mol. The Labute approximate surface area is 172 Å². The first-order valence-corrected chi connectivity index (χ1v) is 9.84. The van der Waals surface area contributed by atoms with Gasteiger partial charge in [0.25, 0.3) is 5.91 Å². The predicted molar refractivity (Wildman–Crippen MR) is 115 cm³/mol. The normalized spacial score (nSPS) is 10.5. The van der Waals surface area contributed by atoms with Crippen LogP contribution in [0.15, 0.2) is 48.5 Å². The number of aryl methyl sites for hydroxylation is 1. The van der Waals surface area contributed by atoms with Crippen molar-refractivity contribution in [1.29, 1.82) is 0 Å². The zero-order valence-corrected chi connectivity index (χ0v) is 17.2. The molecule has 0 saturated heterocycles. The van der Waals surface area contributed by atoms with Crippen LogP contribution in [0.2, 0.25) is 0 Å². The summed E-state index contributed by atoms with van der Waals surface area (Å²) in [5, 5.41) is 8.26. The lowest BCUT2D eigenvalue weighted by Crippen LogP contribution is -2.36. The number of benzene rings is 2. The van der Waals surface area contributed by atoms with Crippen molar-refractivity contribution in [3.8, 4) is 0 Å². The lowest BCUT2D eigenvalue weighted by molar-refractivity contribution is -0.126. The number of carbonyl (C=O) groups is 3. The molecule has 2 aromatic carbocycles. The summed E-state index contributed by atoms with van der Waals surface area (Å²) < 4.78 is 0. The molecule has 0 spiro atoms. The standard InChI is InChI=1S/C23H29N3O3/c1-16(2)7-12-21(27)25-15-22(28)24-14-18-5-4-6-20(13-18)26-23(29)19-10-8-17(3)9-11-19/h4-6,8-11,13,16H,7,12,14-15H2,1-3H3,(H,24,28)(H,25,27)(H,26,29). The molecular formula is C23H29N3O3. The van der Waals surface area contributed by atoms with Crippen molar-refractivity contribution in [1.82, 2.24) is 10.6 Å². The first-order chi connectivity index (χ1) is 13.8. The Morgan fingerprint density at radius 1 is 0.931 bits per heavy atom. The molecule has 0 aliphatic carbocycles. The largest absolute Gasteiger partial charge is 0.350 e. The van der Waals surface area contributed by atoms with Gasteiger partial charge in [-0.25, -0.2) is 0 Å². The first kappa shape index (κ1) is 22.1. The Morgan fingerprint density at radius 2 is 1.66 bits per heavy atom. The fourth-order valence-corrected chi connectivity index (χ4v) is 2.62. The molecule has 154 valence electrons. The molecule has 6 nitrogen and oxygen atoms in total. The van der Waals surface area contributed by atoms with Crippen LogP contribution < -0.4 is 16.0 Å². The number of hydrogen-bond donors (Lipinski definition) is 3. The molecule has 3 amide bonds. The minimum absolute atomic E-state index is 0.0409. The van der Waals surface area contributed by atoms with E-state index in [1.165, 1.54) is 0 Å². The quantitative estimate of drug-likeness (QED) is 0.608. The molecule has 0 fully saturated rings. The van der Waals surface area contributed by atoms with Gasteiger partial charge in [0.05, 0.1) is 6.54 Å². The highest BCUT2D eigenvalue weighted by atomic mass is 16.2. The number of nitrogens with one attached hydrogen (secondary N) is 3. The molecule has 0 heterocycles. The molecule has 2 aromatic rings. The second kappa shape index (κ2) is 11.0. The van der Waals surface area contributed by atoms with Gasteiger partial charge < -0.3 is 16.0 Å². The lowest BCUT2D eigenvalue weighted by Gasteiger charge is -2.10. The van der Waals surface area contributed by atoms with Crippen molar-refractivity contribution < 1.29 is 14.4 Å². The average Bonchev–Trinajstić information content (AvgIpc) is 2.70. The molecule has 0 radical (unpaired) electrons. The Morgan fingerprint density at radius 3 is 2.34 bits per heavy atom. The van der Waals surface area contributed by atoms with Crippen LogP contribution in [-0.4, -0.2) is 24.3 Å². The third-order valence-corrected chi connectivity index (χ3v) is 4.38. The molecule has 0 unspecified atom stereocenters. The summed E-state index contributed by atoms with van der Waals surface area (Å²) in [6.07, 6.45) is 1.22. The Kier molecular flexibility index (Phi) is 8.40. The second-order valence-electron chi connectivity index (χ2n) is 7.51. The molecule has 0 aliphatic rings. The zero-order valence-electron chi connectivity index (χ0n) is 17.2. The summed E-state index contributed by atoms with van der Waals surface area (Å²) in [5.74, 6) is -0.102. The highest BCUT2D eigenvalue weighted by Gasteiger charge is 2.08. The van der Waals surface area contributed by atoms with Gasteiger partial charge in [0, 0.05) is 24.2 Å². The minimum Gasteiger partial charge on any atom is -0.350 e. The van der Waals surface area contributed by atoms with Crippen LogP contribution in [0.4, 0.5) is 5.69 Å². The van der Waals surface area contributed by atoms with Crippen molar-refractivity contribution in [2.45, 2.75) is 40.2 Å². The molecule has 0 aromatic heterocycles. The molecule has 0 saturated carbocycles. The summed E-state index contributed by atoms with van der Waals surface area (Å²) >= 11 is 0. The lowest BCUT2D eigenvalue weighted by atomic mass is 10.1. The molecule has 0 atom stereocenters. The van der Waals surface area contributed by atoms with E-state index in [9.17, 15) is 14.4 Å². The van der Waals surface area contributed by atoms with E-state index in [1.54, 1.807) is 18.2 Å². The SMILES string of the molecule is Cc1ccc(C(=O)Nc2cccc(CNC(=O)CNC(=O)CCC(C)C)c2)cc1. The predicted octanol–water partition coefficient (Wildman–Crippen LogP) is 3.42. The van der Waals surface area contributed by atoms with Crippen molar-refractivity contribution >= 4 is 23.4 Å². The van der Waals surface area contributed by atoms with E-state index in [4.69, 9.17) is 0 Å². The molecule has 2 rings (SSSR count). The highest BCUT2D eigenvalue weighted by molar-refractivity contribution is 6.04. The van der Waals surface area contributed by atoms with E-state index in [1.807, 2.05) is 37.3 Å². The molecule has 6 heteroatoms. The van der Waals surface area contributed by atoms with Gasteiger partial charge >= 0.3 is 0 Å². The van der Waals surface area contributed by atoms with Crippen LogP contribution >= 0.6 is 0 Å². The minimum atomic E-state index is -0.253. The van der Waals surface area contributed by atoms with E-state index < -0.39 is 0 Å². The summed E-state index contributed by atoms with van der Waals surface area (Å²) in [4.78, 5) is 35.9.